The normalized spacial score (nSPS) is 14.9. The molecule has 0 N–H and O–H groups in total. The molecule has 0 aliphatic carbocycles. The van der Waals surface area contributed by atoms with Crippen molar-refractivity contribution in [2.45, 2.75) is 13.3 Å². The van der Waals surface area contributed by atoms with Crippen molar-refractivity contribution < 1.29 is 9.53 Å². The molecule has 0 bridgehead atoms. The molecule has 1 aliphatic heterocycles. The zero-order valence-corrected chi connectivity index (χ0v) is 17.0. The number of aryl methyl sites for hydroxylation is 1. The van der Waals surface area contributed by atoms with Crippen LogP contribution in [-0.2, 0) is 20.3 Å². The number of hydrogen-bond acceptors (Lipinski definition) is 5. The molecule has 4 rings (SSSR count). The smallest absolute Gasteiger partial charge is 0.272 e. The van der Waals surface area contributed by atoms with Gasteiger partial charge in [-0.2, -0.15) is 10.2 Å². The maximum atomic E-state index is 13.0. The molecule has 3 aromatic rings. The van der Waals surface area contributed by atoms with E-state index in [4.69, 9.17) is 16.3 Å². The zero-order chi connectivity index (χ0) is 20.2. The number of halogens is 1. The fraction of sp³-hybridized carbons (Fsp3) is 0.350. The quantitative estimate of drug-likeness (QED) is 0.619. The molecule has 29 heavy (non-hydrogen) atoms. The van der Waals surface area contributed by atoms with Crippen LogP contribution in [0.3, 0.4) is 0 Å². The molecule has 0 radical (unpaired) electrons. The van der Waals surface area contributed by atoms with Crippen LogP contribution in [0.2, 0.25) is 5.02 Å². The van der Waals surface area contributed by atoms with E-state index in [1.54, 1.807) is 41.2 Å². The van der Waals surface area contributed by atoms with Crippen molar-refractivity contribution in [1.29, 1.82) is 0 Å². The van der Waals surface area contributed by atoms with E-state index < -0.39 is 0 Å². The summed E-state index contributed by atoms with van der Waals surface area (Å²) in [5.41, 5.74) is 1.71. The predicted octanol–water partition coefficient (Wildman–Crippen LogP) is 2.26. The summed E-state index contributed by atoms with van der Waals surface area (Å²) in [6.07, 6.45) is 5.53. The molecule has 152 valence electrons. The molecule has 9 heteroatoms. The first-order valence-electron chi connectivity index (χ1n) is 9.48. The van der Waals surface area contributed by atoms with Crippen molar-refractivity contribution in [3.05, 3.63) is 65.2 Å². The van der Waals surface area contributed by atoms with Crippen LogP contribution in [0.15, 0.2) is 48.9 Å². The standard InChI is InChI=1S/C20H23ClN6O2/c1-24-13-16(12-23-24)14-25-8-10-26(11-9-25)20(28)19-6-7-22-27(19)15-29-18-4-2-17(21)3-5-18/h2-7,12-13H,8-11,14-15H2,1H3. The first-order chi connectivity index (χ1) is 14.1. The van der Waals surface area contributed by atoms with Crippen LogP contribution in [0.1, 0.15) is 16.1 Å². The minimum absolute atomic E-state index is 0.0248. The van der Waals surface area contributed by atoms with Gasteiger partial charge >= 0.3 is 0 Å². The Balaban J connectivity index is 1.32. The SMILES string of the molecule is Cn1cc(CN2CCN(C(=O)c3ccnn3COc3ccc(Cl)cc3)CC2)cn1. The summed E-state index contributed by atoms with van der Waals surface area (Å²) in [4.78, 5) is 17.2. The second-order valence-corrected chi connectivity index (χ2v) is 7.47. The number of carbonyl (C=O) groups excluding carboxylic acids is 1. The highest BCUT2D eigenvalue weighted by Crippen LogP contribution is 2.17. The molecule has 1 aromatic carbocycles. The van der Waals surface area contributed by atoms with Crippen LogP contribution in [0, 0.1) is 0 Å². The van der Waals surface area contributed by atoms with E-state index in [0.29, 0.717) is 29.6 Å². The van der Waals surface area contributed by atoms with Crippen molar-refractivity contribution in [2.24, 2.45) is 7.05 Å². The summed E-state index contributed by atoms with van der Waals surface area (Å²) in [5, 5.41) is 9.09. The second-order valence-electron chi connectivity index (χ2n) is 7.03. The summed E-state index contributed by atoms with van der Waals surface area (Å²) in [5.74, 6) is 0.649. The fourth-order valence-corrected chi connectivity index (χ4v) is 3.49. The van der Waals surface area contributed by atoms with Gasteiger partial charge in [-0.3, -0.25) is 14.4 Å². The van der Waals surface area contributed by atoms with E-state index in [0.717, 1.165) is 19.6 Å². The van der Waals surface area contributed by atoms with Gasteiger partial charge in [0.2, 0.25) is 0 Å². The Morgan fingerprint density at radius 3 is 2.55 bits per heavy atom. The van der Waals surface area contributed by atoms with Gasteiger partial charge in [0, 0.05) is 62.8 Å². The highest BCUT2D eigenvalue weighted by molar-refractivity contribution is 6.30. The van der Waals surface area contributed by atoms with Gasteiger partial charge in [0.25, 0.3) is 5.91 Å². The summed E-state index contributed by atoms with van der Waals surface area (Å²) in [6.45, 7) is 4.04. The molecule has 1 amide bonds. The minimum Gasteiger partial charge on any atom is -0.471 e. The number of nitrogens with zero attached hydrogens (tertiary/aromatic N) is 6. The molecule has 3 heterocycles. The molecule has 0 saturated carbocycles. The van der Waals surface area contributed by atoms with E-state index in [1.807, 2.05) is 29.0 Å². The summed E-state index contributed by atoms with van der Waals surface area (Å²) >= 11 is 5.89. The number of piperazine rings is 1. The lowest BCUT2D eigenvalue weighted by Gasteiger charge is -2.34. The van der Waals surface area contributed by atoms with E-state index in [1.165, 1.54) is 5.56 Å². The van der Waals surface area contributed by atoms with Gasteiger partial charge in [-0.1, -0.05) is 11.6 Å². The first-order valence-corrected chi connectivity index (χ1v) is 9.85. The predicted molar refractivity (Wildman–Crippen MR) is 109 cm³/mol. The van der Waals surface area contributed by atoms with Gasteiger partial charge in [-0.25, -0.2) is 4.68 Å². The third-order valence-electron chi connectivity index (χ3n) is 4.93. The average molecular weight is 415 g/mol. The van der Waals surface area contributed by atoms with Crippen LogP contribution in [-0.4, -0.2) is 61.4 Å². The van der Waals surface area contributed by atoms with Crippen molar-refractivity contribution >= 4 is 17.5 Å². The highest BCUT2D eigenvalue weighted by Gasteiger charge is 2.24. The van der Waals surface area contributed by atoms with Gasteiger partial charge in [0.15, 0.2) is 6.73 Å². The van der Waals surface area contributed by atoms with E-state index in [2.05, 4.69) is 15.1 Å². The Labute approximate surface area is 174 Å². The molecule has 0 spiro atoms. The van der Waals surface area contributed by atoms with Crippen molar-refractivity contribution in [1.82, 2.24) is 29.4 Å². The number of amides is 1. The Morgan fingerprint density at radius 2 is 1.86 bits per heavy atom. The third kappa shape index (κ3) is 4.78. The van der Waals surface area contributed by atoms with Crippen molar-refractivity contribution in [3.8, 4) is 5.75 Å². The number of aromatic nitrogens is 4. The number of carbonyl (C=O) groups is 1. The van der Waals surface area contributed by atoms with Crippen LogP contribution in [0.5, 0.6) is 5.75 Å². The zero-order valence-electron chi connectivity index (χ0n) is 16.2. The average Bonchev–Trinajstić information content (AvgIpc) is 3.36. The maximum absolute atomic E-state index is 13.0. The molecule has 0 atom stereocenters. The van der Waals surface area contributed by atoms with Gasteiger partial charge in [-0.15, -0.1) is 0 Å². The van der Waals surface area contributed by atoms with E-state index in [-0.39, 0.29) is 12.6 Å². The first kappa shape index (κ1) is 19.5. The van der Waals surface area contributed by atoms with Crippen molar-refractivity contribution in [3.63, 3.8) is 0 Å². The third-order valence-corrected chi connectivity index (χ3v) is 5.18. The van der Waals surface area contributed by atoms with Gasteiger partial charge < -0.3 is 9.64 Å². The Hall–Kier alpha value is -2.84. The van der Waals surface area contributed by atoms with Gasteiger partial charge in [-0.05, 0) is 30.3 Å². The summed E-state index contributed by atoms with van der Waals surface area (Å²) < 4.78 is 9.11. The second kappa shape index (κ2) is 8.67. The number of hydrogen-bond donors (Lipinski definition) is 0. The van der Waals surface area contributed by atoms with Gasteiger partial charge in [0.05, 0.1) is 6.20 Å². The Morgan fingerprint density at radius 1 is 1.10 bits per heavy atom. The Kier molecular flexibility index (Phi) is 5.82. The minimum atomic E-state index is -0.0248. The Bertz CT molecular complexity index is 960. The summed E-state index contributed by atoms with van der Waals surface area (Å²) in [7, 11) is 1.92. The highest BCUT2D eigenvalue weighted by atomic mass is 35.5. The monoisotopic (exact) mass is 414 g/mol. The maximum Gasteiger partial charge on any atom is 0.272 e. The molecule has 1 saturated heterocycles. The molecule has 1 fully saturated rings. The number of ether oxygens (including phenoxy) is 1. The van der Waals surface area contributed by atoms with Crippen LogP contribution < -0.4 is 4.74 Å². The molecular formula is C20H23ClN6O2. The number of benzene rings is 1. The van der Waals surface area contributed by atoms with Crippen LogP contribution in [0.25, 0.3) is 0 Å². The number of rotatable bonds is 6. The van der Waals surface area contributed by atoms with Gasteiger partial charge in [0.1, 0.15) is 11.4 Å². The largest absolute Gasteiger partial charge is 0.471 e. The molecule has 2 aromatic heterocycles. The fourth-order valence-electron chi connectivity index (χ4n) is 3.37. The molecular weight excluding hydrogens is 392 g/mol. The molecule has 1 aliphatic rings. The topological polar surface area (TPSA) is 68.4 Å². The molecule has 0 unspecified atom stereocenters. The summed E-state index contributed by atoms with van der Waals surface area (Å²) in [6, 6.07) is 8.83. The lowest BCUT2D eigenvalue weighted by Crippen LogP contribution is -2.48. The van der Waals surface area contributed by atoms with E-state index >= 15 is 0 Å². The lowest BCUT2D eigenvalue weighted by molar-refractivity contribution is 0.0607. The lowest BCUT2D eigenvalue weighted by atomic mass is 10.2. The van der Waals surface area contributed by atoms with E-state index in [9.17, 15) is 4.79 Å². The van der Waals surface area contributed by atoms with Crippen molar-refractivity contribution in [2.75, 3.05) is 26.2 Å². The molecule has 8 nitrogen and oxygen atoms in total. The van der Waals surface area contributed by atoms with Crippen LogP contribution in [0.4, 0.5) is 0 Å². The van der Waals surface area contributed by atoms with Crippen LogP contribution >= 0.6 is 11.6 Å².